The zero-order valence-electron chi connectivity index (χ0n) is 14.5. The van der Waals surface area contributed by atoms with Gasteiger partial charge in [0.1, 0.15) is 5.75 Å². The quantitative estimate of drug-likeness (QED) is 0.840. The Bertz CT molecular complexity index is 836. The number of hydrogen-bond donors (Lipinski definition) is 2. The Labute approximate surface area is 146 Å². The summed E-state index contributed by atoms with van der Waals surface area (Å²) in [6.45, 7) is 6.58. The number of nitrogens with zero attached hydrogens (tertiary/aromatic N) is 1. The van der Waals surface area contributed by atoms with E-state index in [-0.39, 0.29) is 11.5 Å². The molecule has 2 heterocycles. The second kappa shape index (κ2) is 5.88. The van der Waals surface area contributed by atoms with Crippen molar-refractivity contribution in [1.29, 1.82) is 0 Å². The average Bonchev–Trinajstić information content (AvgIpc) is 3.11. The first-order valence-electron chi connectivity index (χ1n) is 8.71. The van der Waals surface area contributed by atoms with Gasteiger partial charge in [-0.3, -0.25) is 4.79 Å². The Balaban J connectivity index is 1.68. The number of carbonyl (C=O) groups is 1. The molecule has 2 aliphatic rings. The molecule has 2 fully saturated rings. The van der Waals surface area contributed by atoms with E-state index < -0.39 is 5.91 Å². The number of nitrogens with two attached hydrogens (primary N) is 1. The molecule has 3 N–H and O–H groups in total. The summed E-state index contributed by atoms with van der Waals surface area (Å²) in [4.78, 5) is 16.2. The zero-order valence-corrected chi connectivity index (χ0v) is 14.5. The zero-order chi connectivity index (χ0) is 17.6. The van der Waals surface area contributed by atoms with Crippen molar-refractivity contribution in [3.63, 3.8) is 0 Å². The SMILES string of the molecule is CC(C)Oc1cc2c(OCC34CNCC3C4)nccc2cc1C(N)=O. The van der Waals surface area contributed by atoms with Crippen molar-refractivity contribution in [3.05, 3.63) is 30.0 Å². The molecule has 0 bridgehead atoms. The first kappa shape index (κ1) is 16.1. The van der Waals surface area contributed by atoms with Crippen LogP contribution in [0, 0.1) is 11.3 Å². The molecule has 1 aliphatic carbocycles. The van der Waals surface area contributed by atoms with Gasteiger partial charge >= 0.3 is 0 Å². The summed E-state index contributed by atoms with van der Waals surface area (Å²) < 4.78 is 11.9. The Hall–Kier alpha value is -2.34. The van der Waals surface area contributed by atoms with Crippen LogP contribution in [-0.4, -0.2) is 36.7 Å². The van der Waals surface area contributed by atoms with Gasteiger partial charge in [-0.05, 0) is 56.3 Å². The summed E-state index contributed by atoms with van der Waals surface area (Å²) in [7, 11) is 0. The normalized spacial score (nSPS) is 24.4. The molecule has 0 spiro atoms. The summed E-state index contributed by atoms with van der Waals surface area (Å²) in [5, 5.41) is 5.12. The molecule has 2 unspecified atom stereocenters. The molecule has 1 saturated carbocycles. The third-order valence-electron chi connectivity index (χ3n) is 5.18. The molecule has 1 aliphatic heterocycles. The summed E-state index contributed by atoms with van der Waals surface area (Å²) in [5.74, 6) is 1.27. The van der Waals surface area contributed by atoms with Gasteiger partial charge in [-0.2, -0.15) is 0 Å². The van der Waals surface area contributed by atoms with Crippen LogP contribution in [-0.2, 0) is 0 Å². The third kappa shape index (κ3) is 2.91. The van der Waals surface area contributed by atoms with Crippen LogP contribution < -0.4 is 20.5 Å². The number of hydrogen-bond acceptors (Lipinski definition) is 5. The fraction of sp³-hybridized carbons (Fsp3) is 0.474. The molecule has 6 nitrogen and oxygen atoms in total. The molecule has 132 valence electrons. The fourth-order valence-corrected chi connectivity index (χ4v) is 3.71. The largest absolute Gasteiger partial charge is 0.490 e. The standard InChI is InChI=1S/C19H23N3O3/c1-11(2)25-16-6-14-12(5-15(16)17(20)23)3-4-22-18(14)24-10-19-7-13(19)8-21-9-19/h3-6,11,13,21H,7-10H2,1-2H3,(H2,20,23). The summed E-state index contributed by atoms with van der Waals surface area (Å²) in [6, 6.07) is 5.41. The number of pyridine rings is 1. The maximum Gasteiger partial charge on any atom is 0.252 e. The van der Waals surface area contributed by atoms with Crippen LogP contribution in [0.5, 0.6) is 11.6 Å². The maximum absolute atomic E-state index is 11.8. The van der Waals surface area contributed by atoms with Crippen molar-refractivity contribution in [2.75, 3.05) is 19.7 Å². The van der Waals surface area contributed by atoms with Gasteiger partial charge in [0.15, 0.2) is 0 Å². The Morgan fingerprint density at radius 2 is 2.32 bits per heavy atom. The molecule has 2 aromatic rings. The number of aromatic nitrogens is 1. The number of piperidine rings is 1. The van der Waals surface area contributed by atoms with Crippen LogP contribution in [0.15, 0.2) is 24.4 Å². The van der Waals surface area contributed by atoms with Gasteiger partial charge in [0.25, 0.3) is 5.91 Å². The first-order chi connectivity index (χ1) is 12.0. The Kier molecular flexibility index (Phi) is 3.80. The molecular formula is C19H23N3O3. The van der Waals surface area contributed by atoms with E-state index in [0.29, 0.717) is 23.8 Å². The lowest BCUT2D eigenvalue weighted by molar-refractivity contribution is 0.0994. The molecule has 25 heavy (non-hydrogen) atoms. The predicted octanol–water partition coefficient (Wildman–Crippen LogP) is 2.11. The van der Waals surface area contributed by atoms with Crippen LogP contribution in [0.25, 0.3) is 10.8 Å². The molecule has 1 saturated heterocycles. The van der Waals surface area contributed by atoms with Crippen molar-refractivity contribution in [2.24, 2.45) is 17.1 Å². The van der Waals surface area contributed by atoms with E-state index in [1.165, 1.54) is 6.42 Å². The van der Waals surface area contributed by atoms with E-state index in [2.05, 4.69) is 10.3 Å². The van der Waals surface area contributed by atoms with Gasteiger partial charge in [-0.1, -0.05) is 0 Å². The number of rotatable bonds is 6. The second-order valence-electron chi connectivity index (χ2n) is 7.40. The number of carbonyl (C=O) groups excluding carboxylic acids is 1. The highest BCUT2D eigenvalue weighted by molar-refractivity contribution is 6.01. The molecule has 6 heteroatoms. The van der Waals surface area contributed by atoms with Crippen LogP contribution in [0.4, 0.5) is 0 Å². The van der Waals surface area contributed by atoms with E-state index in [1.54, 1.807) is 12.3 Å². The van der Waals surface area contributed by atoms with Gasteiger partial charge in [0.2, 0.25) is 5.88 Å². The van der Waals surface area contributed by atoms with Crippen LogP contribution >= 0.6 is 0 Å². The van der Waals surface area contributed by atoms with Gasteiger partial charge in [-0.25, -0.2) is 4.98 Å². The maximum atomic E-state index is 11.8. The number of amides is 1. The molecule has 1 aromatic heterocycles. The number of fused-ring (bicyclic) bond motifs is 2. The number of nitrogens with one attached hydrogen (secondary N) is 1. The van der Waals surface area contributed by atoms with Crippen LogP contribution in [0.3, 0.4) is 0 Å². The highest BCUT2D eigenvalue weighted by Crippen LogP contribution is 2.55. The highest BCUT2D eigenvalue weighted by Gasteiger charge is 2.57. The van der Waals surface area contributed by atoms with Gasteiger partial charge < -0.3 is 20.5 Å². The Morgan fingerprint density at radius 1 is 1.48 bits per heavy atom. The molecule has 1 amide bonds. The lowest BCUT2D eigenvalue weighted by atomic mass is 10.1. The van der Waals surface area contributed by atoms with Crippen molar-refractivity contribution in [2.45, 2.75) is 26.4 Å². The Morgan fingerprint density at radius 3 is 2.96 bits per heavy atom. The van der Waals surface area contributed by atoms with E-state index in [1.807, 2.05) is 26.0 Å². The van der Waals surface area contributed by atoms with Gasteiger partial charge in [0.05, 0.1) is 18.3 Å². The minimum atomic E-state index is -0.506. The lowest BCUT2D eigenvalue weighted by Crippen LogP contribution is -2.22. The van der Waals surface area contributed by atoms with E-state index in [4.69, 9.17) is 15.2 Å². The van der Waals surface area contributed by atoms with E-state index in [0.717, 1.165) is 29.8 Å². The molecular weight excluding hydrogens is 318 g/mol. The third-order valence-corrected chi connectivity index (χ3v) is 5.18. The lowest BCUT2D eigenvalue weighted by Gasteiger charge is -2.17. The minimum absolute atomic E-state index is 0.0627. The molecule has 4 rings (SSSR count). The topological polar surface area (TPSA) is 86.5 Å². The first-order valence-corrected chi connectivity index (χ1v) is 8.71. The predicted molar refractivity (Wildman–Crippen MR) is 94.9 cm³/mol. The molecule has 1 aromatic carbocycles. The molecule has 0 radical (unpaired) electrons. The fourth-order valence-electron chi connectivity index (χ4n) is 3.71. The van der Waals surface area contributed by atoms with Crippen molar-refractivity contribution in [3.8, 4) is 11.6 Å². The van der Waals surface area contributed by atoms with Crippen molar-refractivity contribution >= 4 is 16.7 Å². The van der Waals surface area contributed by atoms with Crippen LogP contribution in [0.2, 0.25) is 0 Å². The summed E-state index contributed by atoms with van der Waals surface area (Å²) in [6.07, 6.45) is 2.85. The smallest absolute Gasteiger partial charge is 0.252 e. The number of benzene rings is 1. The van der Waals surface area contributed by atoms with E-state index in [9.17, 15) is 4.79 Å². The highest BCUT2D eigenvalue weighted by atomic mass is 16.5. The molecule has 2 atom stereocenters. The number of primary amides is 1. The summed E-state index contributed by atoms with van der Waals surface area (Å²) >= 11 is 0. The minimum Gasteiger partial charge on any atom is -0.490 e. The monoisotopic (exact) mass is 341 g/mol. The van der Waals surface area contributed by atoms with Gasteiger partial charge in [0, 0.05) is 23.5 Å². The van der Waals surface area contributed by atoms with Crippen molar-refractivity contribution in [1.82, 2.24) is 10.3 Å². The van der Waals surface area contributed by atoms with Crippen LogP contribution in [0.1, 0.15) is 30.6 Å². The number of ether oxygens (including phenoxy) is 2. The van der Waals surface area contributed by atoms with E-state index >= 15 is 0 Å². The summed E-state index contributed by atoms with van der Waals surface area (Å²) in [5.41, 5.74) is 6.16. The van der Waals surface area contributed by atoms with Gasteiger partial charge in [-0.15, -0.1) is 0 Å². The van der Waals surface area contributed by atoms with Crippen molar-refractivity contribution < 1.29 is 14.3 Å². The average molecular weight is 341 g/mol. The second-order valence-corrected chi connectivity index (χ2v) is 7.40.